The standard InChI is InChI=1S/C22H25FN2O4S/c1-14-8-10-17(30(2,28)29)13-18(14)22(27)24-16-9-11-19(23)20(12-16)25-21(26)15-6-4-3-5-7-15/h8-13,15H,3-7H2,1-2H3,(H,24,27)(H,25,26). The number of sulfone groups is 1. The van der Waals surface area contributed by atoms with E-state index in [9.17, 15) is 22.4 Å². The fourth-order valence-corrected chi connectivity index (χ4v) is 4.22. The number of aryl methyl sites for hydroxylation is 1. The third-order valence-electron chi connectivity index (χ3n) is 5.34. The summed E-state index contributed by atoms with van der Waals surface area (Å²) < 4.78 is 37.8. The Labute approximate surface area is 175 Å². The summed E-state index contributed by atoms with van der Waals surface area (Å²) in [6, 6.07) is 8.24. The van der Waals surface area contributed by atoms with Crippen molar-refractivity contribution in [3.05, 3.63) is 53.3 Å². The van der Waals surface area contributed by atoms with E-state index in [2.05, 4.69) is 10.6 Å². The second kappa shape index (κ2) is 8.95. The zero-order chi connectivity index (χ0) is 21.9. The lowest BCUT2D eigenvalue weighted by Gasteiger charge is -2.21. The van der Waals surface area contributed by atoms with Gasteiger partial charge in [-0.25, -0.2) is 12.8 Å². The maximum Gasteiger partial charge on any atom is 0.255 e. The molecule has 2 aromatic carbocycles. The molecule has 1 saturated carbocycles. The Balaban J connectivity index is 1.78. The molecule has 0 aliphatic heterocycles. The predicted molar refractivity (Wildman–Crippen MR) is 114 cm³/mol. The lowest BCUT2D eigenvalue weighted by molar-refractivity contribution is -0.120. The van der Waals surface area contributed by atoms with Gasteiger partial charge in [0.15, 0.2) is 9.84 Å². The Morgan fingerprint density at radius 1 is 1.00 bits per heavy atom. The Hall–Kier alpha value is -2.74. The molecule has 0 atom stereocenters. The fourth-order valence-electron chi connectivity index (χ4n) is 3.57. The maximum atomic E-state index is 14.2. The number of hydrogen-bond acceptors (Lipinski definition) is 4. The summed E-state index contributed by atoms with van der Waals surface area (Å²) in [4.78, 5) is 25.2. The molecule has 3 rings (SSSR count). The molecule has 2 aromatic rings. The summed E-state index contributed by atoms with van der Waals surface area (Å²) in [6.07, 6.45) is 5.74. The van der Waals surface area contributed by atoms with Crippen molar-refractivity contribution in [3.63, 3.8) is 0 Å². The van der Waals surface area contributed by atoms with Crippen LogP contribution in [0.1, 0.15) is 48.0 Å². The van der Waals surface area contributed by atoms with E-state index in [-0.39, 0.29) is 28.0 Å². The quantitative estimate of drug-likeness (QED) is 0.736. The van der Waals surface area contributed by atoms with Crippen LogP contribution in [0.4, 0.5) is 15.8 Å². The monoisotopic (exact) mass is 432 g/mol. The molecule has 1 aliphatic carbocycles. The number of rotatable bonds is 5. The Bertz CT molecular complexity index is 1080. The van der Waals surface area contributed by atoms with Crippen LogP contribution in [0.15, 0.2) is 41.3 Å². The van der Waals surface area contributed by atoms with Crippen molar-refractivity contribution in [2.45, 2.75) is 43.9 Å². The highest BCUT2D eigenvalue weighted by Gasteiger charge is 2.22. The van der Waals surface area contributed by atoms with E-state index >= 15 is 0 Å². The lowest BCUT2D eigenvalue weighted by atomic mass is 9.88. The van der Waals surface area contributed by atoms with Crippen molar-refractivity contribution >= 4 is 33.0 Å². The van der Waals surface area contributed by atoms with Crippen molar-refractivity contribution in [2.75, 3.05) is 16.9 Å². The average molecular weight is 433 g/mol. The van der Waals surface area contributed by atoms with Gasteiger partial charge in [-0.15, -0.1) is 0 Å². The highest BCUT2D eigenvalue weighted by atomic mass is 32.2. The second-order valence-corrected chi connectivity index (χ2v) is 9.74. The van der Waals surface area contributed by atoms with E-state index in [0.717, 1.165) is 38.4 Å². The summed E-state index contributed by atoms with van der Waals surface area (Å²) in [5.41, 5.74) is 1.11. The topological polar surface area (TPSA) is 92.3 Å². The minimum Gasteiger partial charge on any atom is -0.323 e. The van der Waals surface area contributed by atoms with Crippen LogP contribution in [0.25, 0.3) is 0 Å². The molecule has 0 bridgehead atoms. The highest BCUT2D eigenvalue weighted by Crippen LogP contribution is 2.27. The van der Waals surface area contributed by atoms with Gasteiger partial charge in [0.2, 0.25) is 5.91 Å². The molecule has 2 N–H and O–H groups in total. The molecule has 0 radical (unpaired) electrons. The number of carbonyl (C=O) groups is 2. The van der Waals surface area contributed by atoms with Crippen LogP contribution >= 0.6 is 0 Å². The van der Waals surface area contributed by atoms with Crippen molar-refractivity contribution in [1.29, 1.82) is 0 Å². The zero-order valence-electron chi connectivity index (χ0n) is 17.0. The molecule has 0 saturated heterocycles. The largest absolute Gasteiger partial charge is 0.323 e. The number of carbonyl (C=O) groups excluding carboxylic acids is 2. The number of nitrogens with one attached hydrogen (secondary N) is 2. The van der Waals surface area contributed by atoms with Gasteiger partial charge in [0.25, 0.3) is 5.91 Å². The van der Waals surface area contributed by atoms with Gasteiger partial charge < -0.3 is 10.6 Å². The minimum absolute atomic E-state index is 0.00461. The SMILES string of the molecule is Cc1ccc(S(C)(=O)=O)cc1C(=O)Nc1ccc(F)c(NC(=O)C2CCCCC2)c1. The summed E-state index contributed by atoms with van der Waals surface area (Å²) in [6.45, 7) is 1.70. The molecule has 0 heterocycles. The molecule has 1 aliphatic rings. The molecule has 30 heavy (non-hydrogen) atoms. The van der Waals surface area contributed by atoms with E-state index in [1.807, 2.05) is 0 Å². The fraction of sp³-hybridized carbons (Fsp3) is 0.364. The van der Waals surface area contributed by atoms with Gasteiger partial charge >= 0.3 is 0 Å². The van der Waals surface area contributed by atoms with Gasteiger partial charge in [0.1, 0.15) is 5.82 Å². The van der Waals surface area contributed by atoms with E-state index in [4.69, 9.17) is 0 Å². The number of benzene rings is 2. The number of halogens is 1. The van der Waals surface area contributed by atoms with Crippen LogP contribution < -0.4 is 10.6 Å². The van der Waals surface area contributed by atoms with Crippen LogP contribution in [-0.4, -0.2) is 26.5 Å². The van der Waals surface area contributed by atoms with E-state index in [1.54, 1.807) is 13.0 Å². The van der Waals surface area contributed by atoms with Gasteiger partial charge in [-0.3, -0.25) is 9.59 Å². The highest BCUT2D eigenvalue weighted by molar-refractivity contribution is 7.90. The molecule has 0 spiro atoms. The second-order valence-electron chi connectivity index (χ2n) is 7.72. The summed E-state index contributed by atoms with van der Waals surface area (Å²) in [7, 11) is -3.46. The normalized spacial score (nSPS) is 14.9. The maximum absolute atomic E-state index is 14.2. The molecule has 1 fully saturated rings. The molecule has 8 heteroatoms. The molecule has 160 valence electrons. The van der Waals surface area contributed by atoms with Crippen LogP contribution in [0.3, 0.4) is 0 Å². The summed E-state index contributed by atoms with van der Waals surface area (Å²) >= 11 is 0. The Kier molecular flexibility index (Phi) is 6.55. The van der Waals surface area contributed by atoms with Gasteiger partial charge in [-0.2, -0.15) is 0 Å². The lowest BCUT2D eigenvalue weighted by Crippen LogP contribution is -2.25. The summed E-state index contributed by atoms with van der Waals surface area (Å²) in [5, 5.41) is 5.28. The van der Waals surface area contributed by atoms with Crippen molar-refractivity contribution in [3.8, 4) is 0 Å². The smallest absolute Gasteiger partial charge is 0.255 e. The van der Waals surface area contributed by atoms with Gasteiger partial charge in [-0.05, 0) is 55.7 Å². The average Bonchev–Trinajstić information content (AvgIpc) is 2.70. The summed E-state index contributed by atoms with van der Waals surface area (Å²) in [5.74, 6) is -1.45. The third kappa shape index (κ3) is 5.24. The van der Waals surface area contributed by atoms with Crippen molar-refractivity contribution in [2.24, 2.45) is 5.92 Å². The third-order valence-corrected chi connectivity index (χ3v) is 6.45. The van der Waals surface area contributed by atoms with Gasteiger partial charge in [0.05, 0.1) is 10.6 Å². The molecule has 0 unspecified atom stereocenters. The van der Waals surface area contributed by atoms with Crippen LogP contribution in [-0.2, 0) is 14.6 Å². The Morgan fingerprint density at radius 3 is 2.37 bits per heavy atom. The Morgan fingerprint density at radius 2 is 1.70 bits per heavy atom. The molecule has 0 aromatic heterocycles. The van der Waals surface area contributed by atoms with Gasteiger partial charge in [0, 0.05) is 23.4 Å². The first-order chi connectivity index (χ1) is 14.1. The minimum atomic E-state index is -3.46. The first-order valence-corrected chi connectivity index (χ1v) is 11.8. The first-order valence-electron chi connectivity index (χ1n) is 9.87. The van der Waals surface area contributed by atoms with Crippen molar-refractivity contribution in [1.82, 2.24) is 0 Å². The zero-order valence-corrected chi connectivity index (χ0v) is 17.8. The molecular weight excluding hydrogens is 407 g/mol. The number of anilines is 2. The van der Waals surface area contributed by atoms with Gasteiger partial charge in [-0.1, -0.05) is 25.3 Å². The van der Waals surface area contributed by atoms with E-state index in [1.165, 1.54) is 30.3 Å². The number of hydrogen-bond donors (Lipinski definition) is 2. The molecule has 6 nitrogen and oxygen atoms in total. The number of amides is 2. The first kappa shape index (κ1) is 22.0. The molecule has 2 amide bonds. The van der Waals surface area contributed by atoms with Crippen LogP contribution in [0.5, 0.6) is 0 Å². The van der Waals surface area contributed by atoms with Crippen molar-refractivity contribution < 1.29 is 22.4 Å². The molecular formula is C22H25FN2O4S. The van der Waals surface area contributed by atoms with E-state index < -0.39 is 21.6 Å². The van der Waals surface area contributed by atoms with E-state index in [0.29, 0.717) is 11.3 Å². The predicted octanol–water partition coefficient (Wildman–Crippen LogP) is 4.31. The van der Waals surface area contributed by atoms with Crippen LogP contribution in [0.2, 0.25) is 0 Å². The van der Waals surface area contributed by atoms with Crippen LogP contribution in [0, 0.1) is 18.7 Å².